The van der Waals surface area contributed by atoms with Crippen LogP contribution in [0.1, 0.15) is 53.7 Å². The molecule has 0 unspecified atom stereocenters. The Balaban J connectivity index is 1.09. The highest BCUT2D eigenvalue weighted by molar-refractivity contribution is 5.94. The van der Waals surface area contributed by atoms with Gasteiger partial charge in [0, 0.05) is 47.9 Å². The van der Waals surface area contributed by atoms with Crippen molar-refractivity contribution in [3.8, 4) is 0 Å². The van der Waals surface area contributed by atoms with Crippen molar-refractivity contribution in [2.24, 2.45) is 5.92 Å². The van der Waals surface area contributed by atoms with Gasteiger partial charge in [0.2, 0.25) is 5.91 Å². The van der Waals surface area contributed by atoms with Crippen LogP contribution in [0, 0.1) is 12.8 Å². The highest BCUT2D eigenvalue weighted by Gasteiger charge is 2.46. The lowest BCUT2D eigenvalue weighted by Gasteiger charge is -2.09. The Morgan fingerprint density at radius 2 is 1.91 bits per heavy atom. The number of aryl methyl sites for hydroxylation is 1. The first-order chi connectivity index (χ1) is 16.6. The first kappa shape index (κ1) is 20.7. The van der Waals surface area contributed by atoms with Crippen LogP contribution in [0.4, 0.5) is 11.6 Å². The van der Waals surface area contributed by atoms with Gasteiger partial charge in [-0.3, -0.25) is 9.78 Å². The SMILES string of the molecule is Cc1ccnc([C@H]2C[C@@H]2C(=O)Nc2cc(NCc3ccc4ncc(C5CC5)cc4c3)ncn2)n1. The number of nitrogens with one attached hydrogen (secondary N) is 2. The number of benzene rings is 1. The topological polar surface area (TPSA) is 106 Å². The molecule has 2 saturated carbocycles. The second kappa shape index (κ2) is 8.44. The first-order valence-electron chi connectivity index (χ1n) is 11.7. The van der Waals surface area contributed by atoms with E-state index in [9.17, 15) is 4.79 Å². The molecule has 1 aromatic carbocycles. The van der Waals surface area contributed by atoms with E-state index in [1.807, 2.05) is 19.2 Å². The lowest BCUT2D eigenvalue weighted by molar-refractivity contribution is -0.117. The molecule has 170 valence electrons. The molecule has 34 heavy (non-hydrogen) atoms. The zero-order valence-electron chi connectivity index (χ0n) is 18.9. The van der Waals surface area contributed by atoms with E-state index < -0.39 is 0 Å². The molecule has 0 aliphatic heterocycles. The van der Waals surface area contributed by atoms with Crippen molar-refractivity contribution >= 4 is 28.4 Å². The molecule has 2 aliphatic carbocycles. The summed E-state index contributed by atoms with van der Waals surface area (Å²) in [6.45, 7) is 2.54. The first-order valence-corrected chi connectivity index (χ1v) is 11.7. The number of rotatable bonds is 7. The van der Waals surface area contributed by atoms with E-state index >= 15 is 0 Å². The van der Waals surface area contributed by atoms with Gasteiger partial charge in [-0.25, -0.2) is 19.9 Å². The predicted molar refractivity (Wildman–Crippen MR) is 129 cm³/mol. The summed E-state index contributed by atoms with van der Waals surface area (Å²) in [7, 11) is 0. The molecule has 0 radical (unpaired) electrons. The minimum absolute atomic E-state index is 0.0618. The van der Waals surface area contributed by atoms with Crippen molar-refractivity contribution in [2.75, 3.05) is 10.6 Å². The second-order valence-corrected chi connectivity index (χ2v) is 9.21. The van der Waals surface area contributed by atoms with E-state index in [4.69, 9.17) is 0 Å². The number of carbonyl (C=O) groups is 1. The Morgan fingerprint density at radius 1 is 1.03 bits per heavy atom. The van der Waals surface area contributed by atoms with Gasteiger partial charge in [0.25, 0.3) is 0 Å². The standard InChI is InChI=1S/C26H25N7O/c1-15-6-7-27-25(32-15)20-10-21(20)26(34)33-24-11-23(30-14-31-24)29-12-16-2-5-22-18(8-16)9-19(13-28-22)17-3-4-17/h2,5-9,11,13-14,17,20-21H,3-4,10,12H2,1H3,(H2,29,30,31,33,34)/t20-,21-/m0/s1. The highest BCUT2D eigenvalue weighted by atomic mass is 16.2. The number of nitrogens with zero attached hydrogens (tertiary/aromatic N) is 5. The molecule has 1 amide bonds. The van der Waals surface area contributed by atoms with Gasteiger partial charge in [-0.2, -0.15) is 0 Å². The summed E-state index contributed by atoms with van der Waals surface area (Å²) in [6, 6.07) is 12.2. The summed E-state index contributed by atoms with van der Waals surface area (Å²) in [6.07, 6.45) is 8.49. The monoisotopic (exact) mass is 451 g/mol. The zero-order chi connectivity index (χ0) is 23.1. The molecular weight excluding hydrogens is 426 g/mol. The van der Waals surface area contributed by atoms with Gasteiger partial charge in [-0.15, -0.1) is 0 Å². The molecule has 0 bridgehead atoms. The van der Waals surface area contributed by atoms with E-state index in [2.05, 4.69) is 59.8 Å². The number of aromatic nitrogens is 5. The number of hydrogen-bond acceptors (Lipinski definition) is 7. The number of hydrogen-bond donors (Lipinski definition) is 2. The normalized spacial score (nSPS) is 19.1. The summed E-state index contributed by atoms with van der Waals surface area (Å²) < 4.78 is 0. The van der Waals surface area contributed by atoms with E-state index in [0.29, 0.717) is 24.1 Å². The molecular formula is C26H25N7O. The van der Waals surface area contributed by atoms with E-state index in [1.165, 1.54) is 24.7 Å². The van der Waals surface area contributed by atoms with Crippen molar-refractivity contribution in [2.45, 2.75) is 44.6 Å². The quantitative estimate of drug-likeness (QED) is 0.430. The molecule has 2 fully saturated rings. The Hall–Kier alpha value is -3.94. The minimum Gasteiger partial charge on any atom is -0.366 e. The van der Waals surface area contributed by atoms with Crippen LogP contribution in [0.15, 0.2) is 55.1 Å². The summed E-state index contributed by atoms with van der Waals surface area (Å²) >= 11 is 0. The molecule has 3 aromatic heterocycles. The lowest BCUT2D eigenvalue weighted by atomic mass is 10.1. The molecule has 2 aliphatic rings. The Bertz CT molecular complexity index is 1380. The van der Waals surface area contributed by atoms with Gasteiger partial charge in [-0.05, 0) is 67.5 Å². The van der Waals surface area contributed by atoms with Crippen LogP contribution in [0.2, 0.25) is 0 Å². The predicted octanol–water partition coefficient (Wildman–Crippen LogP) is 4.35. The lowest BCUT2D eigenvalue weighted by Crippen LogP contribution is -2.16. The molecule has 3 heterocycles. The average molecular weight is 452 g/mol. The number of amides is 1. The second-order valence-electron chi connectivity index (χ2n) is 9.21. The summed E-state index contributed by atoms with van der Waals surface area (Å²) in [4.78, 5) is 34.5. The van der Waals surface area contributed by atoms with Gasteiger partial charge in [0.15, 0.2) is 0 Å². The molecule has 2 atom stereocenters. The summed E-state index contributed by atoms with van der Waals surface area (Å²) in [5.41, 5.74) is 4.40. The van der Waals surface area contributed by atoms with Crippen molar-refractivity contribution in [1.82, 2.24) is 24.9 Å². The van der Waals surface area contributed by atoms with Crippen molar-refractivity contribution in [3.63, 3.8) is 0 Å². The number of carbonyl (C=O) groups excluding carboxylic acids is 1. The van der Waals surface area contributed by atoms with Gasteiger partial charge in [0.1, 0.15) is 23.8 Å². The van der Waals surface area contributed by atoms with Gasteiger partial charge in [0.05, 0.1) is 5.52 Å². The van der Waals surface area contributed by atoms with Crippen molar-refractivity contribution < 1.29 is 4.79 Å². The number of anilines is 2. The molecule has 8 nitrogen and oxygen atoms in total. The van der Waals surface area contributed by atoms with Gasteiger partial charge in [-0.1, -0.05) is 6.07 Å². The van der Waals surface area contributed by atoms with Crippen LogP contribution in [-0.4, -0.2) is 30.8 Å². The zero-order valence-corrected chi connectivity index (χ0v) is 18.9. The van der Waals surface area contributed by atoms with Crippen molar-refractivity contribution in [3.05, 3.63) is 77.8 Å². The third-order valence-corrected chi connectivity index (χ3v) is 6.48. The minimum atomic E-state index is -0.125. The van der Waals surface area contributed by atoms with Gasteiger partial charge >= 0.3 is 0 Å². The number of pyridine rings is 1. The number of fused-ring (bicyclic) bond motifs is 1. The molecule has 0 spiro atoms. The van der Waals surface area contributed by atoms with E-state index in [1.54, 1.807) is 12.3 Å². The maximum atomic E-state index is 12.7. The van der Waals surface area contributed by atoms with Crippen LogP contribution < -0.4 is 10.6 Å². The molecule has 8 heteroatoms. The summed E-state index contributed by atoms with van der Waals surface area (Å²) in [5.74, 6) is 2.44. The average Bonchev–Trinajstić information content (AvgIpc) is 3.76. The Labute approximate surface area is 197 Å². The third kappa shape index (κ3) is 4.44. The van der Waals surface area contributed by atoms with Crippen LogP contribution in [0.25, 0.3) is 10.9 Å². The molecule has 4 aromatic rings. The maximum absolute atomic E-state index is 12.7. The van der Waals surface area contributed by atoms with Crippen LogP contribution in [0.5, 0.6) is 0 Å². The van der Waals surface area contributed by atoms with E-state index in [-0.39, 0.29) is 17.7 Å². The summed E-state index contributed by atoms with van der Waals surface area (Å²) in [5, 5.41) is 7.40. The molecule has 0 saturated heterocycles. The third-order valence-electron chi connectivity index (χ3n) is 6.48. The van der Waals surface area contributed by atoms with Crippen LogP contribution in [0.3, 0.4) is 0 Å². The molecule has 6 rings (SSSR count). The fraction of sp³-hybridized carbons (Fsp3) is 0.308. The Morgan fingerprint density at radius 3 is 2.76 bits per heavy atom. The largest absolute Gasteiger partial charge is 0.366 e. The van der Waals surface area contributed by atoms with E-state index in [0.717, 1.165) is 34.4 Å². The van der Waals surface area contributed by atoms with Gasteiger partial charge < -0.3 is 10.6 Å². The van der Waals surface area contributed by atoms with Crippen molar-refractivity contribution in [1.29, 1.82) is 0 Å². The highest BCUT2D eigenvalue weighted by Crippen LogP contribution is 2.46. The molecule has 2 N–H and O–H groups in total. The Kier molecular flexibility index (Phi) is 5.13. The fourth-order valence-electron chi connectivity index (χ4n) is 4.30. The fourth-order valence-corrected chi connectivity index (χ4v) is 4.30. The van der Waals surface area contributed by atoms with Crippen LogP contribution >= 0.6 is 0 Å². The van der Waals surface area contributed by atoms with Crippen LogP contribution in [-0.2, 0) is 11.3 Å². The smallest absolute Gasteiger partial charge is 0.229 e. The maximum Gasteiger partial charge on any atom is 0.229 e.